The predicted molar refractivity (Wildman–Crippen MR) is 92.7 cm³/mol. The Morgan fingerprint density at radius 3 is 2.32 bits per heavy atom. The van der Waals surface area contributed by atoms with Gasteiger partial charge in [0.25, 0.3) is 21.8 Å². The average Bonchev–Trinajstić information content (AvgIpc) is 2.60. The Hall–Kier alpha value is -2.24. The van der Waals surface area contributed by atoms with Gasteiger partial charge in [0, 0.05) is 59.0 Å². The summed E-state index contributed by atoms with van der Waals surface area (Å²) in [4.78, 5) is 24.6. The molecule has 0 spiro atoms. The maximum Gasteiger partial charge on any atom is 0.293 e. The van der Waals surface area contributed by atoms with Gasteiger partial charge in [0.15, 0.2) is 0 Å². The van der Waals surface area contributed by atoms with Crippen LogP contribution in [0.3, 0.4) is 0 Å². The number of nitro groups is 1. The van der Waals surface area contributed by atoms with Gasteiger partial charge in [0.05, 0.1) is 4.92 Å². The molecule has 10 nitrogen and oxygen atoms in total. The van der Waals surface area contributed by atoms with Crippen LogP contribution in [-0.2, 0) is 10.2 Å². The molecule has 0 radical (unpaired) electrons. The lowest BCUT2D eigenvalue weighted by Gasteiger charge is -2.35. The minimum absolute atomic E-state index is 0.179. The first-order chi connectivity index (χ1) is 11.7. The minimum atomic E-state index is -3.51. The molecule has 1 aromatic rings. The number of nitro benzene ring substituents is 1. The first kappa shape index (κ1) is 19.1. The molecular formula is C14H21N5O5S. The molecule has 11 heteroatoms. The second kappa shape index (κ2) is 7.33. The van der Waals surface area contributed by atoms with Crippen LogP contribution in [0.5, 0.6) is 0 Å². The third kappa shape index (κ3) is 3.89. The molecule has 1 aromatic carbocycles. The molecule has 0 saturated carbocycles. The predicted octanol–water partition coefficient (Wildman–Crippen LogP) is 0.201. The highest BCUT2D eigenvalue weighted by molar-refractivity contribution is 7.86. The number of hydrogen-bond acceptors (Lipinski definition) is 6. The molecule has 1 heterocycles. The number of benzene rings is 1. The lowest BCUT2D eigenvalue weighted by atomic mass is 10.1. The molecule has 1 aliphatic heterocycles. The summed E-state index contributed by atoms with van der Waals surface area (Å²) >= 11 is 0. The van der Waals surface area contributed by atoms with Crippen LogP contribution in [0.25, 0.3) is 0 Å². The molecule has 1 amide bonds. The van der Waals surface area contributed by atoms with Crippen LogP contribution in [0.15, 0.2) is 18.2 Å². The van der Waals surface area contributed by atoms with E-state index in [1.807, 2.05) is 0 Å². The molecule has 2 rings (SSSR count). The zero-order chi connectivity index (χ0) is 18.8. The number of amides is 1. The number of nitrogens with zero attached hydrogens (tertiary/aromatic N) is 4. The quantitative estimate of drug-likeness (QED) is 0.584. The largest absolute Gasteiger partial charge is 0.383 e. The van der Waals surface area contributed by atoms with Crippen molar-refractivity contribution in [2.24, 2.45) is 0 Å². The van der Waals surface area contributed by atoms with Gasteiger partial charge in [-0.3, -0.25) is 14.9 Å². The van der Waals surface area contributed by atoms with E-state index in [0.29, 0.717) is 5.69 Å². The number of hydrogen-bond donors (Lipinski definition) is 1. The van der Waals surface area contributed by atoms with Gasteiger partial charge in [0.1, 0.15) is 5.69 Å². The van der Waals surface area contributed by atoms with E-state index in [0.717, 1.165) is 4.31 Å². The second-order valence-corrected chi connectivity index (χ2v) is 7.86. The third-order valence-electron chi connectivity index (χ3n) is 4.02. The average molecular weight is 371 g/mol. The lowest BCUT2D eigenvalue weighted by Crippen LogP contribution is -2.53. The van der Waals surface area contributed by atoms with E-state index in [1.54, 1.807) is 7.05 Å². The molecule has 1 aliphatic rings. The summed E-state index contributed by atoms with van der Waals surface area (Å²) < 4.78 is 26.6. The van der Waals surface area contributed by atoms with Crippen LogP contribution < -0.4 is 5.32 Å². The SMILES string of the molecule is CNc1ccc(C(=O)N2CCN(S(=O)(=O)N(C)C)CC2)cc1[N+](=O)[O-]. The first-order valence-corrected chi connectivity index (χ1v) is 9.01. The summed E-state index contributed by atoms with van der Waals surface area (Å²) in [6.07, 6.45) is 0. The van der Waals surface area contributed by atoms with Crippen molar-refractivity contribution >= 4 is 27.5 Å². The maximum absolute atomic E-state index is 12.6. The normalized spacial score (nSPS) is 16.1. The van der Waals surface area contributed by atoms with Gasteiger partial charge in [0.2, 0.25) is 0 Å². The number of nitrogens with one attached hydrogen (secondary N) is 1. The molecule has 0 atom stereocenters. The maximum atomic E-state index is 12.6. The Morgan fingerprint density at radius 2 is 1.84 bits per heavy atom. The van der Waals surface area contributed by atoms with Crippen molar-refractivity contribution < 1.29 is 18.1 Å². The topological polar surface area (TPSA) is 116 Å². The molecule has 138 valence electrons. The number of carbonyl (C=O) groups is 1. The third-order valence-corrected chi connectivity index (χ3v) is 5.96. The Labute approximate surface area is 146 Å². The molecule has 25 heavy (non-hydrogen) atoms. The minimum Gasteiger partial charge on any atom is -0.383 e. The van der Waals surface area contributed by atoms with Crippen molar-refractivity contribution in [1.82, 2.24) is 13.5 Å². The molecule has 1 fully saturated rings. The molecule has 0 unspecified atom stereocenters. The summed E-state index contributed by atoms with van der Waals surface area (Å²) in [5.41, 5.74) is 0.347. The van der Waals surface area contributed by atoms with Gasteiger partial charge < -0.3 is 10.2 Å². The van der Waals surface area contributed by atoms with Crippen molar-refractivity contribution in [3.8, 4) is 0 Å². The van der Waals surface area contributed by atoms with Crippen molar-refractivity contribution in [1.29, 1.82) is 0 Å². The Bertz CT molecular complexity index is 772. The highest BCUT2D eigenvalue weighted by Crippen LogP contribution is 2.26. The fraction of sp³-hybridized carbons (Fsp3) is 0.500. The van der Waals surface area contributed by atoms with E-state index < -0.39 is 15.1 Å². The number of rotatable bonds is 5. The summed E-state index contributed by atoms with van der Waals surface area (Å²) in [5, 5.41) is 13.8. The number of carbonyl (C=O) groups excluding carboxylic acids is 1. The zero-order valence-electron chi connectivity index (χ0n) is 14.3. The van der Waals surface area contributed by atoms with Crippen LogP contribution in [0, 0.1) is 10.1 Å². The van der Waals surface area contributed by atoms with Gasteiger partial charge in [-0.1, -0.05) is 0 Å². The molecule has 0 aromatic heterocycles. The Morgan fingerprint density at radius 1 is 1.24 bits per heavy atom. The van der Waals surface area contributed by atoms with Gasteiger partial charge in [-0.05, 0) is 12.1 Å². The van der Waals surface area contributed by atoms with E-state index in [9.17, 15) is 23.3 Å². The van der Waals surface area contributed by atoms with E-state index in [1.165, 1.54) is 41.5 Å². The Balaban J connectivity index is 2.13. The zero-order valence-corrected chi connectivity index (χ0v) is 15.1. The highest BCUT2D eigenvalue weighted by Gasteiger charge is 2.31. The summed E-state index contributed by atoms with van der Waals surface area (Å²) in [6.45, 7) is 0.826. The van der Waals surface area contributed by atoms with Crippen LogP contribution in [0.2, 0.25) is 0 Å². The lowest BCUT2D eigenvalue weighted by molar-refractivity contribution is -0.384. The fourth-order valence-corrected chi connectivity index (χ4v) is 3.65. The number of piperazine rings is 1. The van der Waals surface area contributed by atoms with Gasteiger partial charge in [-0.2, -0.15) is 17.0 Å². The fourth-order valence-electron chi connectivity index (χ4n) is 2.56. The van der Waals surface area contributed by atoms with Gasteiger partial charge >= 0.3 is 0 Å². The number of anilines is 1. The van der Waals surface area contributed by atoms with E-state index in [-0.39, 0.29) is 43.3 Å². The summed E-state index contributed by atoms with van der Waals surface area (Å²) in [5.74, 6) is -0.354. The van der Waals surface area contributed by atoms with Crippen molar-refractivity contribution in [3.05, 3.63) is 33.9 Å². The van der Waals surface area contributed by atoms with Crippen molar-refractivity contribution in [2.45, 2.75) is 0 Å². The summed E-state index contributed by atoms with van der Waals surface area (Å²) in [7, 11) is 0.962. The van der Waals surface area contributed by atoms with Crippen LogP contribution >= 0.6 is 0 Å². The molecule has 0 aliphatic carbocycles. The van der Waals surface area contributed by atoms with Crippen molar-refractivity contribution in [3.63, 3.8) is 0 Å². The Kier molecular flexibility index (Phi) is 5.60. The van der Waals surface area contributed by atoms with Gasteiger partial charge in [-0.25, -0.2) is 0 Å². The standard InChI is InChI=1S/C14H21N5O5S/c1-15-12-5-4-11(10-13(12)19(21)22)14(20)17-6-8-18(9-7-17)25(23,24)16(2)3/h4-5,10,15H,6-9H2,1-3H3. The van der Waals surface area contributed by atoms with Gasteiger partial charge in [-0.15, -0.1) is 0 Å². The molecule has 1 saturated heterocycles. The van der Waals surface area contributed by atoms with Crippen LogP contribution in [-0.4, -0.2) is 80.1 Å². The first-order valence-electron chi connectivity index (χ1n) is 7.61. The van der Waals surface area contributed by atoms with Crippen molar-refractivity contribution in [2.75, 3.05) is 52.6 Å². The second-order valence-electron chi connectivity index (χ2n) is 5.72. The van der Waals surface area contributed by atoms with E-state index in [2.05, 4.69) is 5.32 Å². The van der Waals surface area contributed by atoms with E-state index in [4.69, 9.17) is 0 Å². The highest BCUT2D eigenvalue weighted by atomic mass is 32.2. The molecule has 0 bridgehead atoms. The molecular weight excluding hydrogens is 350 g/mol. The summed E-state index contributed by atoms with van der Waals surface area (Å²) in [6, 6.07) is 4.24. The van der Waals surface area contributed by atoms with E-state index >= 15 is 0 Å². The smallest absolute Gasteiger partial charge is 0.293 e. The van der Waals surface area contributed by atoms with Crippen LogP contribution in [0.4, 0.5) is 11.4 Å². The molecule has 1 N–H and O–H groups in total. The van der Waals surface area contributed by atoms with Crippen LogP contribution in [0.1, 0.15) is 10.4 Å². The monoisotopic (exact) mass is 371 g/mol.